The summed E-state index contributed by atoms with van der Waals surface area (Å²) in [5, 5.41) is 2.95. The van der Waals surface area contributed by atoms with E-state index in [4.69, 9.17) is 0 Å². The van der Waals surface area contributed by atoms with Crippen molar-refractivity contribution >= 4 is 62.5 Å². The van der Waals surface area contributed by atoms with E-state index < -0.39 is 34.4 Å². The van der Waals surface area contributed by atoms with Gasteiger partial charge in [0.15, 0.2) is 0 Å². The fraction of sp³-hybridized carbons (Fsp3) is 0.250. The van der Waals surface area contributed by atoms with Gasteiger partial charge in [0.2, 0.25) is 11.8 Å². The molecule has 0 aliphatic heterocycles. The summed E-state index contributed by atoms with van der Waals surface area (Å²) in [6.07, 6.45) is 1.25. The highest BCUT2D eigenvalue weighted by molar-refractivity contribution is 14.1. The summed E-state index contributed by atoms with van der Waals surface area (Å²) in [5.41, 5.74) is -1.05. The van der Waals surface area contributed by atoms with Crippen LogP contribution in [0.15, 0.2) is 56.8 Å². The third kappa shape index (κ3) is 4.55. The van der Waals surface area contributed by atoms with E-state index in [2.05, 4.69) is 5.32 Å². The molecule has 4 aromatic rings. The molecule has 1 saturated carbocycles. The first-order valence-electron chi connectivity index (χ1n) is 12.5. The number of carbonyl (C=O) groups excluding carboxylic acids is 2. The van der Waals surface area contributed by atoms with Crippen molar-refractivity contribution in [3.05, 3.63) is 88.6 Å². The summed E-state index contributed by atoms with van der Waals surface area (Å²) in [5.74, 6) is -1.57. The number of aromatic nitrogens is 3. The largest absolute Gasteiger partial charge is 0.338 e. The molecule has 2 heterocycles. The molecular formula is C28H25FIN5O5. The number of benzene rings is 2. The van der Waals surface area contributed by atoms with Gasteiger partial charge in [-0.1, -0.05) is 6.07 Å². The predicted octanol–water partition coefficient (Wildman–Crippen LogP) is 3.88. The Hall–Kier alpha value is -4.07. The number of pyridine rings is 1. The van der Waals surface area contributed by atoms with E-state index in [-0.39, 0.29) is 45.4 Å². The van der Waals surface area contributed by atoms with Crippen molar-refractivity contribution in [2.24, 2.45) is 7.05 Å². The maximum absolute atomic E-state index is 14.9. The zero-order valence-corrected chi connectivity index (χ0v) is 24.3. The molecule has 206 valence electrons. The average molecular weight is 657 g/mol. The molecule has 0 unspecified atom stereocenters. The minimum absolute atomic E-state index is 0.0316. The quantitative estimate of drug-likeness (QED) is 0.326. The van der Waals surface area contributed by atoms with Gasteiger partial charge < -0.3 is 5.32 Å². The van der Waals surface area contributed by atoms with Gasteiger partial charge in [-0.3, -0.25) is 37.8 Å². The highest BCUT2D eigenvalue weighted by Gasteiger charge is 2.32. The van der Waals surface area contributed by atoms with Crippen LogP contribution in [0.1, 0.15) is 38.3 Å². The van der Waals surface area contributed by atoms with Crippen LogP contribution in [0.4, 0.5) is 21.6 Å². The minimum atomic E-state index is -0.655. The normalized spacial score (nSPS) is 12.9. The lowest BCUT2D eigenvalue weighted by molar-refractivity contribution is -0.124. The second-order valence-electron chi connectivity index (χ2n) is 9.73. The summed E-state index contributed by atoms with van der Waals surface area (Å²) in [6.45, 7) is 4.01. The van der Waals surface area contributed by atoms with Crippen LogP contribution >= 0.6 is 22.6 Å². The van der Waals surface area contributed by atoms with Crippen molar-refractivity contribution in [1.29, 1.82) is 0 Å². The molecule has 1 aliphatic carbocycles. The van der Waals surface area contributed by atoms with Crippen molar-refractivity contribution in [3.8, 4) is 5.69 Å². The van der Waals surface area contributed by atoms with Crippen LogP contribution in [0.2, 0.25) is 0 Å². The average Bonchev–Trinajstić information content (AvgIpc) is 3.71. The maximum atomic E-state index is 14.9. The van der Waals surface area contributed by atoms with E-state index in [1.54, 1.807) is 24.3 Å². The molecule has 0 atom stereocenters. The third-order valence-corrected chi connectivity index (χ3v) is 7.59. The van der Waals surface area contributed by atoms with Crippen LogP contribution in [-0.2, 0) is 16.6 Å². The van der Waals surface area contributed by atoms with E-state index in [0.29, 0.717) is 16.4 Å². The molecule has 40 heavy (non-hydrogen) atoms. The predicted molar refractivity (Wildman–Crippen MR) is 158 cm³/mol. The lowest BCUT2D eigenvalue weighted by Gasteiger charge is -2.22. The van der Waals surface area contributed by atoms with Gasteiger partial charge in [-0.25, -0.2) is 9.18 Å². The maximum Gasteiger partial charge on any atom is 0.336 e. The van der Waals surface area contributed by atoms with E-state index >= 15 is 0 Å². The Bertz CT molecular complexity index is 1910. The Balaban J connectivity index is 1.90. The number of carbonyl (C=O) groups is 2. The topological polar surface area (TPSA) is 115 Å². The number of halogens is 2. The third-order valence-electron chi connectivity index (χ3n) is 6.92. The molecule has 1 aliphatic rings. The number of rotatable bonds is 5. The zero-order chi connectivity index (χ0) is 29.0. The second kappa shape index (κ2) is 10.2. The molecule has 0 saturated heterocycles. The van der Waals surface area contributed by atoms with E-state index in [1.807, 2.05) is 22.6 Å². The molecule has 1 fully saturated rings. The van der Waals surface area contributed by atoms with Gasteiger partial charge >= 0.3 is 5.69 Å². The van der Waals surface area contributed by atoms with Crippen LogP contribution in [0.5, 0.6) is 0 Å². The number of nitrogens with one attached hydrogen (secondary N) is 1. The number of hydrogen-bond acceptors (Lipinski definition) is 6. The van der Waals surface area contributed by atoms with Crippen LogP contribution < -0.4 is 27.0 Å². The summed E-state index contributed by atoms with van der Waals surface area (Å²) < 4.78 is 19.2. The van der Waals surface area contributed by atoms with Gasteiger partial charge in [0.1, 0.15) is 17.0 Å². The number of nitrogens with zero attached hydrogens (tertiary/aromatic N) is 4. The molecule has 0 spiro atoms. The molecule has 10 nitrogen and oxygen atoms in total. The van der Waals surface area contributed by atoms with Crippen LogP contribution in [0.3, 0.4) is 0 Å². The van der Waals surface area contributed by atoms with Crippen LogP contribution in [0, 0.1) is 16.3 Å². The lowest BCUT2D eigenvalue weighted by atomic mass is 10.1. The van der Waals surface area contributed by atoms with Gasteiger partial charge in [-0.2, -0.15) is 0 Å². The molecule has 0 bridgehead atoms. The fourth-order valence-electron chi connectivity index (χ4n) is 4.93. The van der Waals surface area contributed by atoms with Crippen molar-refractivity contribution in [1.82, 2.24) is 13.7 Å². The van der Waals surface area contributed by atoms with Gasteiger partial charge in [-0.15, -0.1) is 0 Å². The zero-order valence-electron chi connectivity index (χ0n) is 22.1. The molecule has 5 rings (SSSR count). The Morgan fingerprint density at radius 1 is 1.02 bits per heavy atom. The number of fused-ring (bicyclic) bond motifs is 1. The van der Waals surface area contributed by atoms with E-state index in [0.717, 1.165) is 9.47 Å². The highest BCUT2D eigenvalue weighted by Crippen LogP contribution is 2.34. The van der Waals surface area contributed by atoms with Crippen LogP contribution in [0.25, 0.3) is 16.6 Å². The number of anilines is 3. The van der Waals surface area contributed by atoms with Gasteiger partial charge in [0.25, 0.3) is 11.1 Å². The molecule has 12 heteroatoms. The summed E-state index contributed by atoms with van der Waals surface area (Å²) in [4.78, 5) is 66.7. The smallest absolute Gasteiger partial charge is 0.336 e. The number of imide groups is 1. The molecular weight excluding hydrogens is 632 g/mol. The molecule has 1 N–H and O–H groups in total. The van der Waals surface area contributed by atoms with Crippen LogP contribution in [-0.4, -0.2) is 25.5 Å². The van der Waals surface area contributed by atoms with Crippen molar-refractivity contribution in [2.45, 2.75) is 39.7 Å². The number of amides is 2. The Morgan fingerprint density at radius 3 is 2.30 bits per heavy atom. The van der Waals surface area contributed by atoms with Crippen molar-refractivity contribution in [3.63, 3.8) is 0 Å². The Kier molecular flexibility index (Phi) is 6.98. The highest BCUT2D eigenvalue weighted by atomic mass is 127. The van der Waals surface area contributed by atoms with Gasteiger partial charge in [0, 0.05) is 36.1 Å². The fourth-order valence-corrected chi connectivity index (χ4v) is 5.38. The summed E-state index contributed by atoms with van der Waals surface area (Å²) >= 11 is 1.98. The van der Waals surface area contributed by atoms with Gasteiger partial charge in [0.05, 0.1) is 22.6 Å². The van der Waals surface area contributed by atoms with E-state index in [1.165, 1.54) is 55.2 Å². The summed E-state index contributed by atoms with van der Waals surface area (Å²) in [7, 11) is 1.47. The molecule has 2 aromatic carbocycles. The van der Waals surface area contributed by atoms with Crippen molar-refractivity contribution in [2.75, 3.05) is 10.2 Å². The molecule has 0 radical (unpaired) electrons. The Labute approximate surface area is 240 Å². The minimum Gasteiger partial charge on any atom is -0.338 e. The SMILES string of the molecule is CC(=O)N(C(C)=O)c1cccc(-n2c(=O)n(C3CC3)c(=O)c3c(Nc4ccc(I)cc4F)n(C)c(=O)c(C)c32)c1. The first-order valence-corrected chi connectivity index (χ1v) is 13.5. The monoisotopic (exact) mass is 657 g/mol. The molecule has 2 amide bonds. The first kappa shape index (κ1) is 27.5. The van der Waals surface area contributed by atoms with Gasteiger partial charge in [-0.05, 0) is 78.8 Å². The van der Waals surface area contributed by atoms with Crippen molar-refractivity contribution < 1.29 is 14.0 Å². The summed E-state index contributed by atoms with van der Waals surface area (Å²) in [6, 6.07) is 10.4. The lowest BCUT2D eigenvalue weighted by Crippen LogP contribution is -2.41. The second-order valence-corrected chi connectivity index (χ2v) is 11.0. The van der Waals surface area contributed by atoms with E-state index in [9.17, 15) is 28.4 Å². The number of aryl methyl sites for hydroxylation is 1. The Morgan fingerprint density at radius 2 is 1.70 bits per heavy atom. The standard InChI is InChI=1S/C28H25FIN5O5/c1-14-24-23(25(32(4)26(14)38)31-22-11-8-17(30)12-21(22)29)27(39)35(18-9-10-18)28(40)34(24)20-7-5-6-19(13-20)33(15(2)36)16(3)37/h5-8,11-13,18,31H,9-10H2,1-4H3. The first-order chi connectivity index (χ1) is 18.9. The number of hydrogen-bond donors (Lipinski definition) is 1. The molecule has 2 aromatic heterocycles.